The van der Waals surface area contributed by atoms with E-state index in [1.807, 2.05) is 18.2 Å². The molecule has 0 aliphatic carbocycles. The summed E-state index contributed by atoms with van der Waals surface area (Å²) in [5, 5.41) is 3.37. The molecular weight excluding hydrogens is 213 g/mol. The van der Waals surface area contributed by atoms with Crippen LogP contribution in [0.1, 0.15) is 25.8 Å². The standard InChI is InChI=1S/C15H22FN/c1-13(2)12-17-11-7-3-4-8-14-9-5-6-10-15(14)16/h3-6,9-10,13,17H,7-8,11-12H2,1-2H3. The highest BCUT2D eigenvalue weighted by Gasteiger charge is 1.96. The van der Waals surface area contributed by atoms with Gasteiger partial charge in [-0.05, 0) is 43.5 Å². The average Bonchev–Trinajstić information content (AvgIpc) is 2.30. The van der Waals surface area contributed by atoms with Crippen LogP contribution >= 0.6 is 0 Å². The minimum Gasteiger partial charge on any atom is -0.316 e. The molecule has 1 N–H and O–H groups in total. The van der Waals surface area contributed by atoms with Crippen LogP contribution in [0.4, 0.5) is 4.39 Å². The first-order valence-electron chi connectivity index (χ1n) is 6.29. The van der Waals surface area contributed by atoms with Gasteiger partial charge in [-0.25, -0.2) is 4.39 Å². The number of hydrogen-bond acceptors (Lipinski definition) is 1. The van der Waals surface area contributed by atoms with Crippen LogP contribution in [0, 0.1) is 11.7 Å². The molecule has 1 aromatic carbocycles. The molecule has 0 aliphatic heterocycles. The van der Waals surface area contributed by atoms with Crippen molar-refractivity contribution in [2.24, 2.45) is 5.92 Å². The van der Waals surface area contributed by atoms with Crippen molar-refractivity contribution in [1.82, 2.24) is 5.32 Å². The van der Waals surface area contributed by atoms with Gasteiger partial charge in [-0.3, -0.25) is 0 Å². The van der Waals surface area contributed by atoms with E-state index in [-0.39, 0.29) is 5.82 Å². The van der Waals surface area contributed by atoms with Crippen LogP contribution < -0.4 is 5.32 Å². The monoisotopic (exact) mass is 235 g/mol. The second-order valence-electron chi connectivity index (χ2n) is 4.65. The Morgan fingerprint density at radius 2 is 2.00 bits per heavy atom. The fraction of sp³-hybridized carbons (Fsp3) is 0.467. The van der Waals surface area contributed by atoms with E-state index < -0.39 is 0 Å². The molecule has 0 aromatic heterocycles. The van der Waals surface area contributed by atoms with Gasteiger partial charge < -0.3 is 5.32 Å². The smallest absolute Gasteiger partial charge is 0.126 e. The first kappa shape index (κ1) is 13.9. The third-order valence-electron chi connectivity index (χ3n) is 2.50. The van der Waals surface area contributed by atoms with Crippen molar-refractivity contribution in [2.75, 3.05) is 13.1 Å². The Morgan fingerprint density at radius 1 is 1.24 bits per heavy atom. The largest absolute Gasteiger partial charge is 0.316 e. The maximum Gasteiger partial charge on any atom is 0.126 e. The fourth-order valence-electron chi connectivity index (χ4n) is 1.57. The summed E-state index contributed by atoms with van der Waals surface area (Å²) in [5.41, 5.74) is 0.763. The highest BCUT2D eigenvalue weighted by molar-refractivity contribution is 5.19. The van der Waals surface area contributed by atoms with Gasteiger partial charge in [-0.1, -0.05) is 44.2 Å². The van der Waals surface area contributed by atoms with Crippen molar-refractivity contribution in [3.63, 3.8) is 0 Å². The molecule has 0 saturated heterocycles. The zero-order valence-electron chi connectivity index (χ0n) is 10.7. The molecule has 17 heavy (non-hydrogen) atoms. The van der Waals surface area contributed by atoms with Crippen LogP contribution in [0.5, 0.6) is 0 Å². The molecule has 0 aliphatic rings. The number of allylic oxidation sites excluding steroid dienone is 1. The SMILES string of the molecule is CC(C)CNCCC=CCc1ccccc1F. The molecule has 0 bridgehead atoms. The molecule has 0 radical (unpaired) electrons. The highest BCUT2D eigenvalue weighted by atomic mass is 19.1. The van der Waals surface area contributed by atoms with Gasteiger partial charge in [-0.15, -0.1) is 0 Å². The lowest BCUT2D eigenvalue weighted by molar-refractivity contribution is 0.556. The third-order valence-corrected chi connectivity index (χ3v) is 2.50. The first-order chi connectivity index (χ1) is 8.20. The second-order valence-corrected chi connectivity index (χ2v) is 4.65. The van der Waals surface area contributed by atoms with Crippen LogP contribution in [-0.4, -0.2) is 13.1 Å². The zero-order chi connectivity index (χ0) is 12.5. The molecule has 2 heteroatoms. The van der Waals surface area contributed by atoms with Crippen molar-refractivity contribution in [2.45, 2.75) is 26.7 Å². The van der Waals surface area contributed by atoms with Crippen molar-refractivity contribution >= 4 is 0 Å². The predicted molar refractivity (Wildman–Crippen MR) is 71.6 cm³/mol. The molecular formula is C15H22FN. The van der Waals surface area contributed by atoms with Gasteiger partial charge >= 0.3 is 0 Å². The van der Waals surface area contributed by atoms with Crippen molar-refractivity contribution < 1.29 is 4.39 Å². The van der Waals surface area contributed by atoms with E-state index in [9.17, 15) is 4.39 Å². The van der Waals surface area contributed by atoms with Gasteiger partial charge in [0.1, 0.15) is 5.82 Å². The fourth-order valence-corrected chi connectivity index (χ4v) is 1.57. The molecule has 0 saturated carbocycles. The minimum atomic E-state index is -0.116. The van der Waals surface area contributed by atoms with Gasteiger partial charge in [0.2, 0.25) is 0 Å². The summed E-state index contributed by atoms with van der Waals surface area (Å²) in [5.74, 6) is 0.576. The number of hydrogen-bond donors (Lipinski definition) is 1. The van der Waals surface area contributed by atoms with E-state index in [4.69, 9.17) is 0 Å². The second kappa shape index (κ2) is 8.02. The van der Waals surface area contributed by atoms with Gasteiger partial charge in [0.05, 0.1) is 0 Å². The van der Waals surface area contributed by atoms with Crippen LogP contribution in [0.15, 0.2) is 36.4 Å². The predicted octanol–water partition coefficient (Wildman–Crippen LogP) is 3.56. The normalized spacial score (nSPS) is 11.5. The Labute approximate surface area is 104 Å². The van der Waals surface area contributed by atoms with E-state index in [1.54, 1.807) is 6.07 Å². The number of halogens is 1. The highest BCUT2D eigenvalue weighted by Crippen LogP contribution is 2.07. The molecule has 0 amide bonds. The molecule has 1 aromatic rings. The van der Waals surface area contributed by atoms with E-state index in [0.717, 1.165) is 25.1 Å². The Balaban J connectivity index is 2.16. The summed E-state index contributed by atoms with van der Waals surface area (Å²) in [6.07, 6.45) is 5.83. The van der Waals surface area contributed by atoms with Crippen LogP contribution in [-0.2, 0) is 6.42 Å². The molecule has 0 atom stereocenters. The van der Waals surface area contributed by atoms with E-state index in [1.165, 1.54) is 6.07 Å². The molecule has 0 heterocycles. The lowest BCUT2D eigenvalue weighted by atomic mass is 10.1. The maximum atomic E-state index is 13.3. The third kappa shape index (κ3) is 6.22. The minimum absolute atomic E-state index is 0.116. The van der Waals surface area contributed by atoms with Crippen molar-refractivity contribution in [3.05, 3.63) is 47.8 Å². The summed E-state index contributed by atoms with van der Waals surface area (Å²) in [7, 11) is 0. The lowest BCUT2D eigenvalue weighted by Crippen LogP contribution is -2.20. The molecule has 0 spiro atoms. The molecule has 1 nitrogen and oxygen atoms in total. The summed E-state index contributed by atoms with van der Waals surface area (Å²) < 4.78 is 13.3. The van der Waals surface area contributed by atoms with E-state index >= 15 is 0 Å². The number of nitrogens with one attached hydrogen (secondary N) is 1. The zero-order valence-corrected chi connectivity index (χ0v) is 10.7. The first-order valence-corrected chi connectivity index (χ1v) is 6.29. The molecule has 0 fully saturated rings. The van der Waals surface area contributed by atoms with Crippen LogP contribution in [0.2, 0.25) is 0 Å². The summed E-state index contributed by atoms with van der Waals surface area (Å²) in [6, 6.07) is 6.93. The average molecular weight is 235 g/mol. The summed E-state index contributed by atoms with van der Waals surface area (Å²) in [6.45, 7) is 6.44. The Hall–Kier alpha value is -1.15. The molecule has 1 rings (SSSR count). The molecule has 94 valence electrons. The van der Waals surface area contributed by atoms with Crippen molar-refractivity contribution in [1.29, 1.82) is 0 Å². The summed E-state index contributed by atoms with van der Waals surface area (Å²) in [4.78, 5) is 0. The topological polar surface area (TPSA) is 12.0 Å². The van der Waals surface area contributed by atoms with E-state index in [0.29, 0.717) is 12.3 Å². The van der Waals surface area contributed by atoms with Crippen LogP contribution in [0.3, 0.4) is 0 Å². The molecule has 0 unspecified atom stereocenters. The van der Waals surface area contributed by atoms with Gasteiger partial charge in [0.15, 0.2) is 0 Å². The maximum absolute atomic E-state index is 13.3. The van der Waals surface area contributed by atoms with Crippen molar-refractivity contribution in [3.8, 4) is 0 Å². The van der Waals surface area contributed by atoms with E-state index in [2.05, 4.69) is 25.2 Å². The Kier molecular flexibility index (Phi) is 6.56. The van der Waals surface area contributed by atoms with Gasteiger partial charge in [0, 0.05) is 0 Å². The number of rotatable bonds is 7. The Morgan fingerprint density at radius 3 is 2.71 bits per heavy atom. The van der Waals surface area contributed by atoms with Gasteiger partial charge in [-0.2, -0.15) is 0 Å². The van der Waals surface area contributed by atoms with Gasteiger partial charge in [0.25, 0.3) is 0 Å². The van der Waals surface area contributed by atoms with Crippen LogP contribution in [0.25, 0.3) is 0 Å². The Bertz CT molecular complexity index is 345. The number of benzene rings is 1. The summed E-state index contributed by atoms with van der Waals surface area (Å²) >= 11 is 0. The quantitative estimate of drug-likeness (QED) is 0.563. The lowest BCUT2D eigenvalue weighted by Gasteiger charge is -2.04.